The minimum absolute atomic E-state index is 0.105. The van der Waals surface area contributed by atoms with Crippen molar-refractivity contribution in [1.29, 1.82) is 0 Å². The van der Waals surface area contributed by atoms with Gasteiger partial charge in [-0.3, -0.25) is 4.79 Å². The number of benzene rings is 2. The number of methoxy groups -OCH3 is 1. The molecule has 0 radical (unpaired) electrons. The van der Waals surface area contributed by atoms with E-state index in [0.717, 1.165) is 5.56 Å². The standard InChI is InChI=1S/C15H14ClNO3/c1-20-15(19)14(17)10-4-7-13(18)12(8-10)9-2-5-11(16)6-3-9/h2-8,14,18H,17H2,1H3. The zero-order chi connectivity index (χ0) is 14.7. The maximum absolute atomic E-state index is 11.5. The molecule has 2 aromatic carbocycles. The number of ether oxygens (including phenoxy) is 1. The Kier molecular flexibility index (Phi) is 4.27. The average molecular weight is 292 g/mol. The summed E-state index contributed by atoms with van der Waals surface area (Å²) in [6.45, 7) is 0. The van der Waals surface area contributed by atoms with Gasteiger partial charge in [0.15, 0.2) is 0 Å². The normalized spacial score (nSPS) is 11.9. The SMILES string of the molecule is COC(=O)C(N)c1ccc(O)c(-c2ccc(Cl)cc2)c1. The lowest BCUT2D eigenvalue weighted by atomic mass is 9.99. The lowest BCUT2D eigenvalue weighted by molar-refractivity contribution is -0.142. The molecule has 0 amide bonds. The van der Waals surface area contributed by atoms with Crippen LogP contribution in [0.3, 0.4) is 0 Å². The Labute approximate surface area is 121 Å². The molecule has 4 nitrogen and oxygen atoms in total. The molecule has 1 atom stereocenters. The lowest BCUT2D eigenvalue weighted by Crippen LogP contribution is -2.22. The highest BCUT2D eigenvalue weighted by molar-refractivity contribution is 6.30. The second-order valence-corrected chi connectivity index (χ2v) is 4.72. The van der Waals surface area contributed by atoms with Crippen LogP contribution < -0.4 is 5.73 Å². The van der Waals surface area contributed by atoms with Gasteiger partial charge in [-0.15, -0.1) is 0 Å². The monoisotopic (exact) mass is 291 g/mol. The number of rotatable bonds is 3. The van der Waals surface area contributed by atoms with Crippen LogP contribution >= 0.6 is 11.6 Å². The summed E-state index contributed by atoms with van der Waals surface area (Å²) in [5, 5.41) is 10.6. The van der Waals surface area contributed by atoms with Gasteiger partial charge in [0.2, 0.25) is 0 Å². The fourth-order valence-electron chi connectivity index (χ4n) is 1.87. The molecule has 2 aromatic rings. The molecule has 0 saturated carbocycles. The van der Waals surface area contributed by atoms with Crippen molar-refractivity contribution >= 4 is 17.6 Å². The number of phenolic OH excluding ortho intramolecular Hbond substituents is 1. The Morgan fingerprint density at radius 2 is 1.90 bits per heavy atom. The van der Waals surface area contributed by atoms with Crippen molar-refractivity contribution in [2.24, 2.45) is 5.73 Å². The molecule has 20 heavy (non-hydrogen) atoms. The number of nitrogens with two attached hydrogens (primary N) is 1. The van der Waals surface area contributed by atoms with Gasteiger partial charge in [-0.1, -0.05) is 29.8 Å². The van der Waals surface area contributed by atoms with Gasteiger partial charge in [0, 0.05) is 10.6 Å². The average Bonchev–Trinajstić information content (AvgIpc) is 2.47. The third-order valence-corrected chi connectivity index (χ3v) is 3.24. The molecule has 0 saturated heterocycles. The fourth-order valence-corrected chi connectivity index (χ4v) is 2.00. The molecular weight excluding hydrogens is 278 g/mol. The van der Waals surface area contributed by atoms with Crippen LogP contribution in [0.25, 0.3) is 11.1 Å². The topological polar surface area (TPSA) is 72.5 Å². The van der Waals surface area contributed by atoms with Crippen molar-refractivity contribution in [2.75, 3.05) is 7.11 Å². The Morgan fingerprint density at radius 1 is 1.25 bits per heavy atom. The van der Waals surface area contributed by atoms with Crippen LogP contribution in [-0.2, 0) is 9.53 Å². The predicted octanol–water partition coefficient (Wildman–Crippen LogP) is 2.89. The first-order chi connectivity index (χ1) is 9.52. The van der Waals surface area contributed by atoms with Gasteiger partial charge in [0.05, 0.1) is 7.11 Å². The van der Waals surface area contributed by atoms with Crippen LogP contribution in [-0.4, -0.2) is 18.2 Å². The van der Waals surface area contributed by atoms with Gasteiger partial charge in [-0.25, -0.2) is 0 Å². The quantitative estimate of drug-likeness (QED) is 0.853. The largest absolute Gasteiger partial charge is 0.507 e. The number of hydrogen-bond donors (Lipinski definition) is 2. The number of halogens is 1. The minimum Gasteiger partial charge on any atom is -0.507 e. The van der Waals surface area contributed by atoms with Gasteiger partial charge in [0.1, 0.15) is 11.8 Å². The molecule has 0 aliphatic carbocycles. The number of hydrogen-bond acceptors (Lipinski definition) is 4. The molecular formula is C15H14ClNO3. The molecule has 0 aliphatic heterocycles. The number of aromatic hydroxyl groups is 1. The van der Waals surface area contributed by atoms with E-state index < -0.39 is 12.0 Å². The molecule has 0 aliphatic rings. The van der Waals surface area contributed by atoms with Crippen molar-refractivity contribution in [3.05, 3.63) is 53.1 Å². The number of phenols is 1. The summed E-state index contributed by atoms with van der Waals surface area (Å²) < 4.78 is 4.61. The van der Waals surface area contributed by atoms with E-state index in [2.05, 4.69) is 4.74 Å². The summed E-state index contributed by atoms with van der Waals surface area (Å²) in [5.74, 6) is -0.425. The highest BCUT2D eigenvalue weighted by Gasteiger charge is 2.18. The zero-order valence-electron chi connectivity index (χ0n) is 10.8. The summed E-state index contributed by atoms with van der Waals surface area (Å²) in [6.07, 6.45) is 0. The van der Waals surface area contributed by atoms with Crippen molar-refractivity contribution in [3.63, 3.8) is 0 Å². The van der Waals surface area contributed by atoms with E-state index in [9.17, 15) is 9.90 Å². The third kappa shape index (κ3) is 2.92. The summed E-state index contributed by atoms with van der Waals surface area (Å²) in [6, 6.07) is 10.9. The van der Waals surface area contributed by atoms with Crippen LogP contribution in [0.5, 0.6) is 5.75 Å². The summed E-state index contributed by atoms with van der Waals surface area (Å²) in [7, 11) is 1.28. The van der Waals surface area contributed by atoms with Crippen LogP contribution in [0.2, 0.25) is 5.02 Å². The molecule has 0 spiro atoms. The molecule has 1 unspecified atom stereocenters. The number of carbonyl (C=O) groups excluding carboxylic acids is 1. The molecule has 2 rings (SSSR count). The van der Waals surface area contributed by atoms with E-state index in [-0.39, 0.29) is 5.75 Å². The van der Waals surface area contributed by atoms with Crippen LogP contribution in [0.1, 0.15) is 11.6 Å². The third-order valence-electron chi connectivity index (χ3n) is 2.99. The van der Waals surface area contributed by atoms with E-state index in [1.165, 1.54) is 13.2 Å². The summed E-state index contributed by atoms with van der Waals surface area (Å²) in [4.78, 5) is 11.5. The van der Waals surface area contributed by atoms with Crippen molar-refractivity contribution in [2.45, 2.75) is 6.04 Å². The smallest absolute Gasteiger partial charge is 0.327 e. The molecule has 0 bridgehead atoms. The van der Waals surface area contributed by atoms with Gasteiger partial charge < -0.3 is 15.6 Å². The number of esters is 1. The van der Waals surface area contributed by atoms with E-state index in [4.69, 9.17) is 17.3 Å². The first kappa shape index (κ1) is 14.4. The van der Waals surface area contributed by atoms with E-state index in [1.54, 1.807) is 36.4 Å². The second-order valence-electron chi connectivity index (χ2n) is 4.28. The number of carbonyl (C=O) groups is 1. The van der Waals surface area contributed by atoms with Gasteiger partial charge in [0.25, 0.3) is 0 Å². The zero-order valence-corrected chi connectivity index (χ0v) is 11.6. The van der Waals surface area contributed by atoms with Gasteiger partial charge in [-0.2, -0.15) is 0 Å². The first-order valence-electron chi connectivity index (χ1n) is 5.95. The van der Waals surface area contributed by atoms with E-state index >= 15 is 0 Å². The Bertz CT molecular complexity index is 626. The lowest BCUT2D eigenvalue weighted by Gasteiger charge is -2.12. The van der Waals surface area contributed by atoms with Crippen molar-refractivity contribution in [3.8, 4) is 16.9 Å². The predicted molar refractivity (Wildman–Crippen MR) is 77.5 cm³/mol. The highest BCUT2D eigenvalue weighted by Crippen LogP contribution is 2.32. The summed E-state index contributed by atoms with van der Waals surface area (Å²) in [5.41, 5.74) is 7.73. The van der Waals surface area contributed by atoms with E-state index in [0.29, 0.717) is 16.1 Å². The van der Waals surface area contributed by atoms with Crippen LogP contribution in [0.15, 0.2) is 42.5 Å². The first-order valence-corrected chi connectivity index (χ1v) is 6.33. The second kappa shape index (κ2) is 5.94. The Morgan fingerprint density at radius 3 is 2.50 bits per heavy atom. The highest BCUT2D eigenvalue weighted by atomic mass is 35.5. The molecule has 3 N–H and O–H groups in total. The molecule has 0 aromatic heterocycles. The fraction of sp³-hybridized carbons (Fsp3) is 0.133. The van der Waals surface area contributed by atoms with Crippen molar-refractivity contribution < 1.29 is 14.6 Å². The molecule has 0 heterocycles. The van der Waals surface area contributed by atoms with Gasteiger partial charge >= 0.3 is 5.97 Å². The molecule has 0 fully saturated rings. The Balaban J connectivity index is 2.43. The summed E-state index contributed by atoms with van der Waals surface area (Å²) >= 11 is 5.84. The molecule has 5 heteroatoms. The molecule has 104 valence electrons. The maximum Gasteiger partial charge on any atom is 0.327 e. The van der Waals surface area contributed by atoms with E-state index in [1.807, 2.05) is 0 Å². The Hall–Kier alpha value is -2.04. The van der Waals surface area contributed by atoms with Crippen LogP contribution in [0, 0.1) is 0 Å². The van der Waals surface area contributed by atoms with Gasteiger partial charge in [-0.05, 0) is 35.4 Å². The minimum atomic E-state index is -0.883. The van der Waals surface area contributed by atoms with Crippen molar-refractivity contribution in [1.82, 2.24) is 0 Å². The van der Waals surface area contributed by atoms with Crippen LogP contribution in [0.4, 0.5) is 0 Å². The maximum atomic E-state index is 11.5.